The van der Waals surface area contributed by atoms with Gasteiger partial charge in [0.2, 0.25) is 0 Å². The molecule has 0 aliphatic carbocycles. The third-order valence-electron chi connectivity index (χ3n) is 4.19. The summed E-state index contributed by atoms with van der Waals surface area (Å²) in [6.07, 6.45) is 5.57. The molecule has 0 saturated carbocycles. The van der Waals surface area contributed by atoms with Crippen molar-refractivity contribution in [3.05, 3.63) is 64.3 Å². The lowest BCUT2D eigenvalue weighted by Crippen LogP contribution is -2.29. The maximum Gasteiger partial charge on any atom is 0.197 e. The molecule has 0 radical (unpaired) electrons. The minimum Gasteiger partial charge on any atom is -0.464 e. The zero-order chi connectivity index (χ0) is 17.8. The van der Waals surface area contributed by atoms with Crippen molar-refractivity contribution in [2.24, 2.45) is 5.92 Å². The van der Waals surface area contributed by atoms with Gasteiger partial charge in [0.15, 0.2) is 5.43 Å². The number of fused-ring (bicyclic) bond motifs is 1. The zero-order valence-corrected chi connectivity index (χ0v) is 15.1. The topological polar surface area (TPSA) is 51.3 Å². The van der Waals surface area contributed by atoms with Crippen molar-refractivity contribution < 1.29 is 4.42 Å². The van der Waals surface area contributed by atoms with E-state index in [1.165, 1.54) is 0 Å². The molecule has 5 heteroatoms. The second-order valence-electron chi connectivity index (χ2n) is 6.85. The van der Waals surface area contributed by atoms with Crippen LogP contribution in [0.3, 0.4) is 0 Å². The van der Waals surface area contributed by atoms with Crippen molar-refractivity contribution in [1.82, 2.24) is 14.7 Å². The summed E-state index contributed by atoms with van der Waals surface area (Å²) >= 11 is 0. The van der Waals surface area contributed by atoms with Crippen molar-refractivity contribution in [3.8, 4) is 0 Å². The number of hydrogen-bond acceptors (Lipinski definition) is 4. The second kappa shape index (κ2) is 7.66. The monoisotopic (exact) mass is 339 g/mol. The molecule has 3 rings (SSSR count). The van der Waals surface area contributed by atoms with Gasteiger partial charge in [0.05, 0.1) is 17.8 Å². The molecule has 0 aliphatic rings. The highest BCUT2D eigenvalue weighted by atomic mass is 16.3. The molecule has 0 spiro atoms. The highest BCUT2D eigenvalue weighted by Crippen LogP contribution is 2.14. The minimum atomic E-state index is 0.0554. The van der Waals surface area contributed by atoms with Gasteiger partial charge in [-0.05, 0) is 25.0 Å². The average Bonchev–Trinajstić information content (AvgIpc) is 3.04. The summed E-state index contributed by atoms with van der Waals surface area (Å²) in [7, 11) is 0. The molecule has 25 heavy (non-hydrogen) atoms. The van der Waals surface area contributed by atoms with Crippen LogP contribution in [0.15, 0.2) is 52.1 Å². The Morgan fingerprint density at radius 3 is 2.76 bits per heavy atom. The SMILES string of the molecule is CCn1cc(CN(Cc2coc3ccccc3c2=O)CC(C)C)cn1. The second-order valence-corrected chi connectivity index (χ2v) is 6.85. The summed E-state index contributed by atoms with van der Waals surface area (Å²) < 4.78 is 7.58. The van der Waals surface area contributed by atoms with Crippen molar-refractivity contribution in [3.63, 3.8) is 0 Å². The maximum absolute atomic E-state index is 12.7. The van der Waals surface area contributed by atoms with Crippen LogP contribution in [0.4, 0.5) is 0 Å². The van der Waals surface area contributed by atoms with Crippen LogP contribution in [0.2, 0.25) is 0 Å². The molecule has 0 unspecified atom stereocenters. The smallest absolute Gasteiger partial charge is 0.197 e. The van der Waals surface area contributed by atoms with Gasteiger partial charge < -0.3 is 4.42 Å². The van der Waals surface area contributed by atoms with Gasteiger partial charge in [0.1, 0.15) is 5.58 Å². The first kappa shape index (κ1) is 17.4. The van der Waals surface area contributed by atoms with E-state index in [1.54, 1.807) is 6.26 Å². The van der Waals surface area contributed by atoms with Crippen LogP contribution in [-0.4, -0.2) is 21.2 Å². The van der Waals surface area contributed by atoms with Crippen LogP contribution in [0.5, 0.6) is 0 Å². The first-order chi connectivity index (χ1) is 12.1. The van der Waals surface area contributed by atoms with E-state index in [9.17, 15) is 4.79 Å². The molecule has 1 aromatic carbocycles. The fraction of sp³-hybridized carbons (Fsp3) is 0.400. The summed E-state index contributed by atoms with van der Waals surface area (Å²) in [5, 5.41) is 4.98. The number of para-hydroxylation sites is 1. The van der Waals surface area contributed by atoms with E-state index < -0.39 is 0 Å². The quantitative estimate of drug-likeness (QED) is 0.659. The Bertz CT molecular complexity index is 895. The molecule has 0 atom stereocenters. The van der Waals surface area contributed by atoms with Crippen LogP contribution in [0, 0.1) is 5.92 Å². The minimum absolute atomic E-state index is 0.0554. The van der Waals surface area contributed by atoms with Crippen LogP contribution >= 0.6 is 0 Å². The Morgan fingerprint density at radius 2 is 2.04 bits per heavy atom. The van der Waals surface area contributed by atoms with E-state index in [4.69, 9.17) is 4.42 Å². The van der Waals surface area contributed by atoms with E-state index in [0.29, 0.717) is 29.0 Å². The van der Waals surface area contributed by atoms with Gasteiger partial charge in [-0.1, -0.05) is 26.0 Å². The first-order valence-corrected chi connectivity index (χ1v) is 8.80. The fourth-order valence-electron chi connectivity index (χ4n) is 3.09. The van der Waals surface area contributed by atoms with Gasteiger partial charge in [-0.3, -0.25) is 14.4 Å². The lowest BCUT2D eigenvalue weighted by molar-refractivity contribution is 0.225. The van der Waals surface area contributed by atoms with Crippen LogP contribution < -0.4 is 5.43 Å². The number of aryl methyl sites for hydroxylation is 1. The predicted octanol–water partition coefficient (Wildman–Crippen LogP) is 3.67. The highest BCUT2D eigenvalue weighted by molar-refractivity contribution is 5.76. The standard InChI is InChI=1S/C20H25N3O2/c1-4-23-12-16(9-21-23)11-22(10-15(2)3)13-17-14-25-19-8-6-5-7-18(19)20(17)24/h5-9,12,14-15H,4,10-11,13H2,1-3H3. The number of aromatic nitrogens is 2. The van der Waals surface area contributed by atoms with Gasteiger partial charge >= 0.3 is 0 Å². The molecule has 5 nitrogen and oxygen atoms in total. The lowest BCUT2D eigenvalue weighted by atomic mass is 10.1. The number of rotatable bonds is 7. The Labute approximate surface area is 147 Å². The van der Waals surface area contributed by atoms with E-state index in [-0.39, 0.29) is 5.43 Å². The van der Waals surface area contributed by atoms with Crippen LogP contribution in [-0.2, 0) is 19.6 Å². The van der Waals surface area contributed by atoms with Gasteiger partial charge in [0, 0.05) is 43.5 Å². The van der Waals surface area contributed by atoms with E-state index in [0.717, 1.165) is 25.2 Å². The molecule has 0 bridgehead atoms. The van der Waals surface area contributed by atoms with Crippen molar-refractivity contribution in [2.75, 3.05) is 6.54 Å². The van der Waals surface area contributed by atoms with Crippen molar-refractivity contribution >= 4 is 11.0 Å². The molecule has 0 N–H and O–H groups in total. The molecule has 0 amide bonds. The van der Waals surface area contributed by atoms with Crippen LogP contribution in [0.1, 0.15) is 31.9 Å². The molecule has 0 saturated heterocycles. The van der Waals surface area contributed by atoms with E-state index >= 15 is 0 Å². The normalized spacial score (nSPS) is 11.7. The summed E-state index contributed by atoms with van der Waals surface area (Å²) in [6, 6.07) is 7.39. The Hall–Kier alpha value is -2.40. The van der Waals surface area contributed by atoms with Gasteiger partial charge in [-0.25, -0.2) is 0 Å². The summed E-state index contributed by atoms with van der Waals surface area (Å²) in [5.74, 6) is 0.508. The van der Waals surface area contributed by atoms with Crippen LogP contribution in [0.25, 0.3) is 11.0 Å². The Morgan fingerprint density at radius 1 is 1.24 bits per heavy atom. The van der Waals surface area contributed by atoms with E-state index in [2.05, 4.69) is 37.0 Å². The fourth-order valence-corrected chi connectivity index (χ4v) is 3.09. The molecule has 0 aliphatic heterocycles. The third kappa shape index (κ3) is 4.17. The average molecular weight is 339 g/mol. The molecular weight excluding hydrogens is 314 g/mol. The van der Waals surface area contributed by atoms with Gasteiger partial charge in [-0.15, -0.1) is 0 Å². The molecule has 2 aromatic heterocycles. The molecule has 3 aromatic rings. The van der Waals surface area contributed by atoms with Gasteiger partial charge in [-0.2, -0.15) is 5.10 Å². The molecule has 2 heterocycles. The maximum atomic E-state index is 12.7. The van der Waals surface area contributed by atoms with E-state index in [1.807, 2.05) is 35.1 Å². The lowest BCUT2D eigenvalue weighted by Gasteiger charge is -2.23. The first-order valence-electron chi connectivity index (χ1n) is 8.80. The highest BCUT2D eigenvalue weighted by Gasteiger charge is 2.14. The number of benzene rings is 1. The number of hydrogen-bond donors (Lipinski definition) is 0. The summed E-state index contributed by atoms with van der Waals surface area (Å²) in [5.41, 5.74) is 2.55. The third-order valence-corrected chi connectivity index (χ3v) is 4.19. The van der Waals surface area contributed by atoms with Gasteiger partial charge in [0.25, 0.3) is 0 Å². The molecular formula is C20H25N3O2. The summed E-state index contributed by atoms with van der Waals surface area (Å²) in [4.78, 5) is 15.0. The Balaban J connectivity index is 1.84. The Kier molecular flexibility index (Phi) is 5.34. The number of nitrogens with zero attached hydrogens (tertiary/aromatic N) is 3. The molecule has 132 valence electrons. The molecule has 0 fully saturated rings. The predicted molar refractivity (Wildman–Crippen MR) is 99.3 cm³/mol. The van der Waals surface area contributed by atoms with Crippen molar-refractivity contribution in [1.29, 1.82) is 0 Å². The zero-order valence-electron chi connectivity index (χ0n) is 15.1. The largest absolute Gasteiger partial charge is 0.464 e. The summed E-state index contributed by atoms with van der Waals surface area (Å²) in [6.45, 7) is 9.55. The van der Waals surface area contributed by atoms with Crippen molar-refractivity contribution in [2.45, 2.75) is 40.4 Å².